The van der Waals surface area contributed by atoms with Gasteiger partial charge in [0.1, 0.15) is 5.54 Å². The monoisotopic (exact) mass is 197 g/mol. The van der Waals surface area contributed by atoms with E-state index in [4.69, 9.17) is 15.5 Å². The summed E-state index contributed by atoms with van der Waals surface area (Å²) in [5, 5.41) is 15.3. The highest BCUT2D eigenvalue weighted by Crippen LogP contribution is 2.10. The molecule has 0 spiro atoms. The molecule has 0 saturated carbocycles. The van der Waals surface area contributed by atoms with E-state index in [0.29, 0.717) is 13.1 Å². The summed E-state index contributed by atoms with van der Waals surface area (Å²) in [5.41, 5.74) is 7.30. The molecule has 14 heavy (non-hydrogen) atoms. The molecular weight excluding hydrogens is 182 g/mol. The first kappa shape index (κ1) is 12.7. The molecule has 2 unspecified atom stereocenters. The highest BCUT2D eigenvalue weighted by Gasteiger charge is 2.30. The fourth-order valence-corrected chi connectivity index (χ4v) is 0.920. The molecule has 0 rings (SSSR count). The lowest BCUT2D eigenvalue weighted by Crippen LogP contribution is -2.51. The first-order valence-electron chi connectivity index (χ1n) is 4.30. The Morgan fingerprint density at radius 3 is 2.86 bits per heavy atom. The third-order valence-electron chi connectivity index (χ3n) is 2.17. The van der Waals surface area contributed by atoms with Gasteiger partial charge in [-0.1, -0.05) is 5.11 Å². The van der Waals surface area contributed by atoms with Gasteiger partial charge in [0.2, 0.25) is 0 Å². The minimum atomic E-state index is -0.750. The molecule has 0 aliphatic heterocycles. The Morgan fingerprint density at radius 2 is 2.43 bits per heavy atom. The molecule has 0 amide bonds. The minimum Gasteiger partial charge on any atom is -0.379 e. The number of nitrogens with one attached hydrogen (secondary N) is 1. The topological polar surface area (TPSA) is 93.8 Å². The van der Waals surface area contributed by atoms with Crippen molar-refractivity contribution in [3.63, 3.8) is 0 Å². The van der Waals surface area contributed by atoms with E-state index in [1.807, 2.05) is 6.92 Å². The van der Waals surface area contributed by atoms with Gasteiger partial charge in [0.05, 0.1) is 12.2 Å². The lowest BCUT2D eigenvalue weighted by molar-refractivity contribution is 0.0631. The number of methoxy groups -OCH3 is 1. The Balaban J connectivity index is 4.13. The van der Waals surface area contributed by atoms with Gasteiger partial charge in [-0.05, 0) is 19.4 Å². The fraction of sp³-hybridized carbons (Fsp3) is 0.875. The number of hydrogen-bond donors (Lipinski definition) is 1. The summed E-state index contributed by atoms with van der Waals surface area (Å²) in [4.78, 5) is 2.62. The number of hydrogen-bond acceptors (Lipinski definition) is 4. The van der Waals surface area contributed by atoms with Gasteiger partial charge in [-0.2, -0.15) is 5.26 Å². The Morgan fingerprint density at radius 1 is 1.79 bits per heavy atom. The first-order chi connectivity index (χ1) is 6.60. The summed E-state index contributed by atoms with van der Waals surface area (Å²) < 4.78 is 5.07. The van der Waals surface area contributed by atoms with Crippen molar-refractivity contribution in [1.29, 1.82) is 5.26 Å². The molecule has 0 aliphatic rings. The summed E-state index contributed by atoms with van der Waals surface area (Å²) in [5.74, 6) is 0. The van der Waals surface area contributed by atoms with Crippen LogP contribution in [0, 0.1) is 11.3 Å². The van der Waals surface area contributed by atoms with Crippen LogP contribution < -0.4 is 5.32 Å². The van der Waals surface area contributed by atoms with Gasteiger partial charge >= 0.3 is 0 Å². The lowest BCUT2D eigenvalue weighted by Gasteiger charge is -2.28. The SMILES string of the molecule is COC(C)C(C)(C#N)NCCN=[N+]=[N-]. The second-order valence-corrected chi connectivity index (χ2v) is 3.07. The molecule has 0 aromatic carbocycles. The highest BCUT2D eigenvalue weighted by atomic mass is 16.5. The van der Waals surface area contributed by atoms with Gasteiger partial charge in [0.25, 0.3) is 0 Å². The smallest absolute Gasteiger partial charge is 0.130 e. The highest BCUT2D eigenvalue weighted by molar-refractivity contribution is 5.07. The molecule has 0 saturated heterocycles. The number of rotatable bonds is 6. The molecule has 1 N–H and O–H groups in total. The third kappa shape index (κ3) is 3.62. The van der Waals surface area contributed by atoms with Crippen molar-refractivity contribution in [3.05, 3.63) is 10.4 Å². The molecule has 0 aliphatic carbocycles. The van der Waals surface area contributed by atoms with Crippen molar-refractivity contribution in [3.8, 4) is 6.07 Å². The Kier molecular flexibility index (Phi) is 5.65. The zero-order valence-corrected chi connectivity index (χ0v) is 8.69. The summed E-state index contributed by atoms with van der Waals surface area (Å²) in [6, 6.07) is 2.14. The molecule has 0 aromatic rings. The molecule has 0 aromatic heterocycles. The standard InChI is InChI=1S/C8H15N5O/c1-7(14-3)8(2,6-9)11-4-5-12-13-10/h7,11H,4-5H2,1-3H3. The number of nitriles is 1. The summed E-state index contributed by atoms with van der Waals surface area (Å²) >= 11 is 0. The molecule has 0 heterocycles. The van der Waals surface area contributed by atoms with Crippen LogP contribution in [0.3, 0.4) is 0 Å². The van der Waals surface area contributed by atoms with Gasteiger partial charge in [0, 0.05) is 25.1 Å². The average Bonchev–Trinajstić information content (AvgIpc) is 2.22. The van der Waals surface area contributed by atoms with Crippen molar-refractivity contribution in [1.82, 2.24) is 5.32 Å². The predicted molar refractivity (Wildman–Crippen MR) is 52.5 cm³/mol. The van der Waals surface area contributed by atoms with E-state index < -0.39 is 5.54 Å². The number of nitrogens with zero attached hydrogens (tertiary/aromatic N) is 4. The minimum absolute atomic E-state index is 0.224. The van der Waals surface area contributed by atoms with Crippen molar-refractivity contribution in [2.24, 2.45) is 5.11 Å². The average molecular weight is 197 g/mol. The van der Waals surface area contributed by atoms with Crippen molar-refractivity contribution < 1.29 is 4.74 Å². The van der Waals surface area contributed by atoms with Gasteiger partial charge < -0.3 is 4.74 Å². The first-order valence-corrected chi connectivity index (χ1v) is 4.30. The van der Waals surface area contributed by atoms with Crippen LogP contribution in [0.4, 0.5) is 0 Å². The van der Waals surface area contributed by atoms with Crippen LogP contribution in [0.15, 0.2) is 5.11 Å². The molecule has 78 valence electrons. The summed E-state index contributed by atoms with van der Waals surface area (Å²) in [7, 11) is 1.55. The van der Waals surface area contributed by atoms with E-state index in [0.717, 1.165) is 0 Å². The van der Waals surface area contributed by atoms with Crippen LogP contribution >= 0.6 is 0 Å². The van der Waals surface area contributed by atoms with E-state index in [9.17, 15) is 0 Å². The van der Waals surface area contributed by atoms with Crippen molar-refractivity contribution in [2.75, 3.05) is 20.2 Å². The van der Waals surface area contributed by atoms with Crippen LogP contribution in [0.25, 0.3) is 10.4 Å². The Bertz CT molecular complexity index is 255. The van der Waals surface area contributed by atoms with E-state index in [1.165, 1.54) is 0 Å². The maximum atomic E-state index is 8.95. The fourth-order valence-electron chi connectivity index (χ4n) is 0.920. The third-order valence-corrected chi connectivity index (χ3v) is 2.17. The quantitative estimate of drug-likeness (QED) is 0.300. The molecule has 2 atom stereocenters. The molecule has 0 bridgehead atoms. The second-order valence-electron chi connectivity index (χ2n) is 3.07. The summed E-state index contributed by atoms with van der Waals surface area (Å²) in [6.45, 7) is 4.34. The van der Waals surface area contributed by atoms with Gasteiger partial charge in [-0.25, -0.2) is 0 Å². The zero-order valence-electron chi connectivity index (χ0n) is 8.69. The second kappa shape index (κ2) is 6.22. The van der Waals surface area contributed by atoms with E-state index in [1.54, 1.807) is 14.0 Å². The molecule has 0 fully saturated rings. The lowest BCUT2D eigenvalue weighted by atomic mass is 9.98. The van der Waals surface area contributed by atoms with Gasteiger partial charge in [-0.3, -0.25) is 5.32 Å². The van der Waals surface area contributed by atoms with E-state index >= 15 is 0 Å². The van der Waals surface area contributed by atoms with Crippen molar-refractivity contribution >= 4 is 0 Å². The predicted octanol–water partition coefficient (Wildman–Crippen LogP) is 1.20. The Hall–Kier alpha value is -1.28. The van der Waals surface area contributed by atoms with Crippen molar-refractivity contribution in [2.45, 2.75) is 25.5 Å². The van der Waals surface area contributed by atoms with E-state index in [-0.39, 0.29) is 6.10 Å². The van der Waals surface area contributed by atoms with Crippen LogP contribution in [0.2, 0.25) is 0 Å². The van der Waals surface area contributed by atoms with Crippen LogP contribution in [0.1, 0.15) is 13.8 Å². The Labute approximate surface area is 83.5 Å². The number of azide groups is 1. The van der Waals surface area contributed by atoms with Crippen LogP contribution in [-0.2, 0) is 4.74 Å². The van der Waals surface area contributed by atoms with Gasteiger partial charge in [-0.15, -0.1) is 0 Å². The summed E-state index contributed by atoms with van der Waals surface area (Å²) in [6.07, 6.45) is -0.224. The molecule has 6 heteroatoms. The normalized spacial score (nSPS) is 16.1. The van der Waals surface area contributed by atoms with Crippen LogP contribution in [-0.4, -0.2) is 31.8 Å². The molecular formula is C8H15N5O. The van der Waals surface area contributed by atoms with Gasteiger partial charge in [0.15, 0.2) is 0 Å². The molecule has 6 nitrogen and oxygen atoms in total. The zero-order chi connectivity index (χ0) is 11.0. The largest absolute Gasteiger partial charge is 0.379 e. The maximum Gasteiger partial charge on any atom is 0.130 e. The maximum absolute atomic E-state index is 8.95. The van der Waals surface area contributed by atoms with E-state index in [2.05, 4.69) is 21.4 Å². The molecule has 0 radical (unpaired) electrons. The number of ether oxygens (including phenoxy) is 1. The van der Waals surface area contributed by atoms with Crippen LogP contribution in [0.5, 0.6) is 0 Å².